The van der Waals surface area contributed by atoms with E-state index in [1.165, 1.54) is 0 Å². The first-order valence-electron chi connectivity index (χ1n) is 8.33. The van der Waals surface area contributed by atoms with Gasteiger partial charge in [-0.1, -0.05) is 20.8 Å². The average Bonchev–Trinajstić information content (AvgIpc) is 2.78. The first-order chi connectivity index (χ1) is 9.55. The van der Waals surface area contributed by atoms with Gasteiger partial charge in [0.25, 0.3) is 0 Å². The van der Waals surface area contributed by atoms with Crippen LogP contribution in [0.15, 0.2) is 11.8 Å². The first-order valence-corrected chi connectivity index (χ1v) is 11.2. The summed E-state index contributed by atoms with van der Waals surface area (Å²) >= 11 is 0. The summed E-state index contributed by atoms with van der Waals surface area (Å²) in [6.45, 7) is 13.4. The molecule has 0 aromatic heterocycles. The molecule has 0 radical (unpaired) electrons. The number of aliphatic hydroxyl groups is 1. The van der Waals surface area contributed by atoms with Crippen molar-refractivity contribution >= 4 is 8.32 Å². The predicted molar refractivity (Wildman–Crippen MR) is 88.7 cm³/mol. The smallest absolute Gasteiger partial charge is 0.192 e. The summed E-state index contributed by atoms with van der Waals surface area (Å²) in [4.78, 5) is 0. The van der Waals surface area contributed by atoms with Gasteiger partial charge in [-0.25, -0.2) is 0 Å². The molecular formula is C17H32O3Si. The quantitative estimate of drug-likeness (QED) is 0.786. The molecule has 2 rings (SSSR count). The highest BCUT2D eigenvalue weighted by molar-refractivity contribution is 6.74. The van der Waals surface area contributed by atoms with Gasteiger partial charge in [0.15, 0.2) is 8.32 Å². The van der Waals surface area contributed by atoms with Gasteiger partial charge in [-0.3, -0.25) is 0 Å². The summed E-state index contributed by atoms with van der Waals surface area (Å²) < 4.78 is 12.5. The van der Waals surface area contributed by atoms with Crippen molar-refractivity contribution in [1.29, 1.82) is 0 Å². The van der Waals surface area contributed by atoms with Crippen LogP contribution in [0.25, 0.3) is 0 Å². The Morgan fingerprint density at radius 1 is 1.29 bits per heavy atom. The van der Waals surface area contributed by atoms with Crippen LogP contribution in [0.3, 0.4) is 0 Å². The van der Waals surface area contributed by atoms with Crippen molar-refractivity contribution in [2.45, 2.75) is 95.7 Å². The molecule has 2 atom stereocenters. The van der Waals surface area contributed by atoms with Crippen LogP contribution in [0, 0.1) is 0 Å². The maximum absolute atomic E-state index is 10.7. The van der Waals surface area contributed by atoms with Crippen LogP contribution in [0.2, 0.25) is 18.1 Å². The molecule has 21 heavy (non-hydrogen) atoms. The fourth-order valence-corrected chi connectivity index (χ4v) is 4.34. The van der Waals surface area contributed by atoms with E-state index in [1.807, 2.05) is 0 Å². The highest BCUT2D eigenvalue weighted by atomic mass is 28.4. The van der Waals surface area contributed by atoms with Gasteiger partial charge in [0, 0.05) is 0 Å². The average molecular weight is 313 g/mol. The molecule has 0 amide bonds. The van der Waals surface area contributed by atoms with E-state index in [0.717, 1.165) is 37.9 Å². The molecule has 1 aliphatic heterocycles. The minimum absolute atomic E-state index is 0.0174. The SMILES string of the molecule is C[C@@H]1OC(C2(O)CCCC2)=CC[C@H]1O[Si](C)(C)C(C)(C)C. The largest absolute Gasteiger partial charge is 0.490 e. The molecule has 3 nitrogen and oxygen atoms in total. The maximum atomic E-state index is 10.7. The Hall–Kier alpha value is -0.323. The Bertz CT molecular complexity index is 403. The molecule has 122 valence electrons. The van der Waals surface area contributed by atoms with Crippen molar-refractivity contribution in [3.63, 3.8) is 0 Å². The molecule has 0 saturated heterocycles. The van der Waals surface area contributed by atoms with Crippen LogP contribution in [0.1, 0.15) is 59.8 Å². The van der Waals surface area contributed by atoms with Gasteiger partial charge >= 0.3 is 0 Å². The number of ether oxygens (including phenoxy) is 1. The zero-order chi connectivity index (χ0) is 15.9. The van der Waals surface area contributed by atoms with Gasteiger partial charge in [0.2, 0.25) is 0 Å². The molecule has 1 heterocycles. The Morgan fingerprint density at radius 2 is 1.86 bits per heavy atom. The Balaban J connectivity index is 2.05. The predicted octanol–water partition coefficient (Wildman–Crippen LogP) is 4.37. The van der Waals surface area contributed by atoms with Crippen LogP contribution in [-0.4, -0.2) is 31.2 Å². The molecular weight excluding hydrogens is 280 g/mol. The maximum Gasteiger partial charge on any atom is 0.192 e. The van der Waals surface area contributed by atoms with Crippen molar-refractivity contribution in [3.05, 3.63) is 11.8 Å². The minimum atomic E-state index is -1.78. The molecule has 1 N–H and O–H groups in total. The van der Waals surface area contributed by atoms with Gasteiger partial charge in [0.05, 0.1) is 6.10 Å². The van der Waals surface area contributed by atoms with E-state index < -0.39 is 13.9 Å². The fraction of sp³-hybridized carbons (Fsp3) is 0.882. The van der Waals surface area contributed by atoms with Gasteiger partial charge in [0.1, 0.15) is 17.5 Å². The number of rotatable bonds is 3. The fourth-order valence-electron chi connectivity index (χ4n) is 2.94. The van der Waals surface area contributed by atoms with E-state index >= 15 is 0 Å². The van der Waals surface area contributed by atoms with E-state index in [9.17, 15) is 5.11 Å². The summed E-state index contributed by atoms with van der Waals surface area (Å²) in [5.74, 6) is 0.794. The van der Waals surface area contributed by atoms with E-state index in [2.05, 4.69) is 46.9 Å². The Kier molecular flexibility index (Phi) is 4.63. The normalized spacial score (nSPS) is 30.0. The third-order valence-electron chi connectivity index (χ3n) is 5.51. The van der Waals surface area contributed by atoms with Crippen LogP contribution in [-0.2, 0) is 9.16 Å². The monoisotopic (exact) mass is 312 g/mol. The van der Waals surface area contributed by atoms with Crippen LogP contribution in [0.5, 0.6) is 0 Å². The van der Waals surface area contributed by atoms with E-state index in [0.29, 0.717) is 0 Å². The van der Waals surface area contributed by atoms with Gasteiger partial charge < -0.3 is 14.3 Å². The third kappa shape index (κ3) is 3.54. The summed E-state index contributed by atoms with van der Waals surface area (Å²) in [5.41, 5.74) is -0.712. The Morgan fingerprint density at radius 3 is 2.33 bits per heavy atom. The van der Waals surface area contributed by atoms with E-state index in [1.54, 1.807) is 0 Å². The van der Waals surface area contributed by atoms with Crippen LogP contribution in [0.4, 0.5) is 0 Å². The zero-order valence-corrected chi connectivity index (χ0v) is 15.5. The summed E-state index contributed by atoms with van der Waals surface area (Å²) in [5, 5.41) is 10.9. The van der Waals surface area contributed by atoms with E-state index in [4.69, 9.17) is 9.16 Å². The molecule has 1 saturated carbocycles. The third-order valence-corrected chi connectivity index (χ3v) is 10.0. The lowest BCUT2D eigenvalue weighted by Crippen LogP contribution is -2.48. The topological polar surface area (TPSA) is 38.7 Å². The lowest BCUT2D eigenvalue weighted by Gasteiger charge is -2.43. The zero-order valence-electron chi connectivity index (χ0n) is 14.5. The molecule has 0 aromatic rings. The summed E-state index contributed by atoms with van der Waals surface area (Å²) in [7, 11) is -1.78. The minimum Gasteiger partial charge on any atom is -0.490 e. The van der Waals surface area contributed by atoms with Gasteiger partial charge in [-0.2, -0.15) is 0 Å². The van der Waals surface area contributed by atoms with Gasteiger partial charge in [-0.05, 0) is 63.2 Å². The lowest BCUT2D eigenvalue weighted by molar-refractivity contribution is -0.0550. The standard InChI is InChI=1S/C17H32O3Si/c1-13-14(20-21(5,6)16(2,3)4)9-10-15(19-13)17(18)11-7-8-12-17/h10,13-14,18H,7-9,11-12H2,1-6H3/t13-,14+/m0/s1. The molecule has 0 aromatic carbocycles. The van der Waals surface area contributed by atoms with Gasteiger partial charge in [-0.15, -0.1) is 0 Å². The van der Waals surface area contributed by atoms with Crippen LogP contribution < -0.4 is 0 Å². The molecule has 1 fully saturated rings. The molecule has 1 aliphatic carbocycles. The van der Waals surface area contributed by atoms with Crippen molar-refractivity contribution in [3.8, 4) is 0 Å². The summed E-state index contributed by atoms with van der Waals surface area (Å²) in [6, 6.07) is 0. The molecule has 4 heteroatoms. The Labute approximate surface area is 130 Å². The van der Waals surface area contributed by atoms with Crippen molar-refractivity contribution in [2.24, 2.45) is 0 Å². The first kappa shape index (κ1) is 17.0. The summed E-state index contributed by atoms with van der Waals surface area (Å²) in [6.07, 6.45) is 6.90. The second-order valence-electron chi connectivity index (χ2n) is 8.28. The lowest BCUT2D eigenvalue weighted by atomic mass is 9.95. The van der Waals surface area contributed by atoms with Crippen molar-refractivity contribution in [1.82, 2.24) is 0 Å². The van der Waals surface area contributed by atoms with E-state index in [-0.39, 0.29) is 17.2 Å². The number of hydrogen-bond acceptors (Lipinski definition) is 3. The molecule has 0 unspecified atom stereocenters. The molecule has 2 aliphatic rings. The second kappa shape index (κ2) is 5.71. The van der Waals surface area contributed by atoms with Crippen molar-refractivity contribution in [2.75, 3.05) is 0 Å². The van der Waals surface area contributed by atoms with Crippen LogP contribution >= 0.6 is 0 Å². The number of hydrogen-bond donors (Lipinski definition) is 1. The molecule has 0 bridgehead atoms. The highest BCUT2D eigenvalue weighted by Crippen LogP contribution is 2.42. The molecule has 0 spiro atoms. The second-order valence-corrected chi connectivity index (χ2v) is 13.0. The van der Waals surface area contributed by atoms with Crippen molar-refractivity contribution < 1.29 is 14.3 Å². The highest BCUT2D eigenvalue weighted by Gasteiger charge is 2.43.